The van der Waals surface area contributed by atoms with Gasteiger partial charge in [-0.25, -0.2) is 4.79 Å². The topological polar surface area (TPSA) is 60.9 Å². The molecular formula is C15H22N2O3. The van der Waals surface area contributed by atoms with Crippen LogP contribution >= 0.6 is 0 Å². The second-order valence-corrected chi connectivity index (χ2v) is 6.20. The van der Waals surface area contributed by atoms with Gasteiger partial charge in [-0.3, -0.25) is 4.79 Å². The van der Waals surface area contributed by atoms with Crippen molar-refractivity contribution in [1.29, 1.82) is 0 Å². The van der Waals surface area contributed by atoms with E-state index in [1.54, 1.807) is 16.7 Å². The molecule has 20 heavy (non-hydrogen) atoms. The van der Waals surface area contributed by atoms with Gasteiger partial charge in [0.2, 0.25) is 0 Å². The zero-order valence-electron chi connectivity index (χ0n) is 12.0. The van der Waals surface area contributed by atoms with Gasteiger partial charge >= 0.3 is 12.0 Å². The Labute approximate surface area is 119 Å². The Morgan fingerprint density at radius 3 is 2.75 bits per heavy atom. The normalized spacial score (nSPS) is 25.9. The van der Waals surface area contributed by atoms with Crippen LogP contribution in [0.2, 0.25) is 0 Å². The Morgan fingerprint density at radius 2 is 2.20 bits per heavy atom. The molecule has 1 aliphatic carbocycles. The van der Waals surface area contributed by atoms with Crippen molar-refractivity contribution in [3.63, 3.8) is 0 Å². The first kappa shape index (κ1) is 14.7. The summed E-state index contributed by atoms with van der Waals surface area (Å²) in [5.41, 5.74) is -0.838. The van der Waals surface area contributed by atoms with E-state index < -0.39 is 11.4 Å². The fourth-order valence-electron chi connectivity index (χ4n) is 2.71. The molecule has 0 aromatic rings. The third-order valence-corrected chi connectivity index (χ3v) is 4.21. The van der Waals surface area contributed by atoms with E-state index in [0.717, 1.165) is 19.3 Å². The molecule has 2 rings (SSSR count). The van der Waals surface area contributed by atoms with Crippen LogP contribution in [0.25, 0.3) is 0 Å². The lowest BCUT2D eigenvalue weighted by molar-refractivity contribution is -0.150. The minimum atomic E-state index is -0.838. The summed E-state index contributed by atoms with van der Waals surface area (Å²) in [6, 6.07) is -0.109. The van der Waals surface area contributed by atoms with Crippen LogP contribution in [0.5, 0.6) is 0 Å². The molecule has 1 atom stereocenters. The van der Waals surface area contributed by atoms with Crippen molar-refractivity contribution in [2.75, 3.05) is 26.2 Å². The van der Waals surface area contributed by atoms with Gasteiger partial charge in [0.1, 0.15) is 0 Å². The molecular weight excluding hydrogens is 256 g/mol. The second kappa shape index (κ2) is 5.74. The van der Waals surface area contributed by atoms with Gasteiger partial charge in [0, 0.05) is 19.6 Å². The van der Waals surface area contributed by atoms with Crippen LogP contribution in [0.4, 0.5) is 4.79 Å². The highest BCUT2D eigenvalue weighted by Crippen LogP contribution is 2.32. The quantitative estimate of drug-likeness (QED) is 0.795. The Morgan fingerprint density at radius 1 is 1.50 bits per heavy atom. The summed E-state index contributed by atoms with van der Waals surface area (Å²) in [7, 11) is 0. The SMILES string of the molecule is C#CCN(CC1CC1)C(=O)N1CCCC(C)(C(=O)O)C1. The lowest BCUT2D eigenvalue weighted by Gasteiger charge is -2.39. The number of aliphatic carboxylic acids is 1. The highest BCUT2D eigenvalue weighted by atomic mass is 16.4. The zero-order valence-corrected chi connectivity index (χ0v) is 12.0. The lowest BCUT2D eigenvalue weighted by Crippen LogP contribution is -2.53. The van der Waals surface area contributed by atoms with Gasteiger partial charge in [-0.15, -0.1) is 6.42 Å². The number of carboxylic acids is 1. The maximum absolute atomic E-state index is 12.5. The van der Waals surface area contributed by atoms with E-state index in [1.165, 1.54) is 0 Å². The third-order valence-electron chi connectivity index (χ3n) is 4.21. The Bertz CT molecular complexity index is 439. The molecule has 2 aliphatic rings. The smallest absolute Gasteiger partial charge is 0.320 e. The maximum atomic E-state index is 12.5. The summed E-state index contributed by atoms with van der Waals surface area (Å²) in [6.45, 7) is 3.60. The molecule has 5 nitrogen and oxygen atoms in total. The van der Waals surface area contributed by atoms with E-state index in [0.29, 0.717) is 32.0 Å². The fourth-order valence-corrected chi connectivity index (χ4v) is 2.71. The molecule has 5 heteroatoms. The first-order valence-corrected chi connectivity index (χ1v) is 7.17. The lowest BCUT2D eigenvalue weighted by atomic mass is 9.82. The largest absolute Gasteiger partial charge is 0.481 e. The van der Waals surface area contributed by atoms with Crippen LogP contribution in [0.3, 0.4) is 0 Å². The number of nitrogens with zero attached hydrogens (tertiary/aromatic N) is 2. The molecule has 1 saturated carbocycles. The van der Waals surface area contributed by atoms with E-state index >= 15 is 0 Å². The summed E-state index contributed by atoms with van der Waals surface area (Å²) >= 11 is 0. The molecule has 0 aromatic carbocycles. The minimum Gasteiger partial charge on any atom is -0.481 e. The van der Waals surface area contributed by atoms with Crippen molar-refractivity contribution in [3.05, 3.63) is 0 Å². The number of hydrogen-bond acceptors (Lipinski definition) is 2. The monoisotopic (exact) mass is 278 g/mol. The van der Waals surface area contributed by atoms with Crippen LogP contribution in [0.1, 0.15) is 32.6 Å². The van der Waals surface area contributed by atoms with Gasteiger partial charge in [-0.05, 0) is 38.5 Å². The minimum absolute atomic E-state index is 0.109. The first-order chi connectivity index (χ1) is 9.46. The number of likely N-dealkylation sites (tertiary alicyclic amines) is 1. The Kier molecular flexibility index (Phi) is 4.22. The van der Waals surface area contributed by atoms with Gasteiger partial charge in [0.25, 0.3) is 0 Å². The van der Waals surface area contributed by atoms with Gasteiger partial charge in [0.15, 0.2) is 0 Å². The maximum Gasteiger partial charge on any atom is 0.320 e. The Hall–Kier alpha value is -1.70. The fraction of sp³-hybridized carbons (Fsp3) is 0.733. The number of hydrogen-bond donors (Lipinski definition) is 1. The first-order valence-electron chi connectivity index (χ1n) is 7.17. The van der Waals surface area contributed by atoms with Crippen molar-refractivity contribution >= 4 is 12.0 Å². The molecule has 2 amide bonds. The third kappa shape index (κ3) is 3.24. The van der Waals surface area contributed by atoms with Crippen molar-refractivity contribution in [2.45, 2.75) is 32.6 Å². The van der Waals surface area contributed by atoms with Gasteiger partial charge in [-0.1, -0.05) is 5.92 Å². The molecule has 0 bridgehead atoms. The summed E-state index contributed by atoms with van der Waals surface area (Å²) in [4.78, 5) is 27.2. The molecule has 0 spiro atoms. The summed E-state index contributed by atoms with van der Waals surface area (Å²) in [5.74, 6) is 2.27. The summed E-state index contributed by atoms with van der Waals surface area (Å²) < 4.78 is 0. The highest BCUT2D eigenvalue weighted by Gasteiger charge is 2.40. The van der Waals surface area contributed by atoms with E-state index in [-0.39, 0.29) is 12.6 Å². The van der Waals surface area contributed by atoms with Crippen LogP contribution < -0.4 is 0 Å². The van der Waals surface area contributed by atoms with Crippen LogP contribution in [0, 0.1) is 23.7 Å². The van der Waals surface area contributed by atoms with Gasteiger partial charge in [0.05, 0.1) is 12.0 Å². The van der Waals surface area contributed by atoms with E-state index in [1.807, 2.05) is 0 Å². The molecule has 0 aromatic heterocycles. The molecule has 0 radical (unpaired) electrons. The predicted molar refractivity (Wildman–Crippen MR) is 75.1 cm³/mol. The number of amides is 2. The number of piperidine rings is 1. The molecule has 1 unspecified atom stereocenters. The number of urea groups is 1. The Balaban J connectivity index is 2.02. The van der Waals surface area contributed by atoms with Gasteiger partial charge < -0.3 is 14.9 Å². The highest BCUT2D eigenvalue weighted by molar-refractivity contribution is 5.78. The average molecular weight is 278 g/mol. The number of carboxylic acid groups (broad SMARTS) is 1. The molecule has 1 heterocycles. The summed E-state index contributed by atoms with van der Waals surface area (Å²) in [6.07, 6.45) is 8.98. The van der Waals surface area contributed by atoms with Crippen molar-refractivity contribution in [3.8, 4) is 12.3 Å². The van der Waals surface area contributed by atoms with Crippen LogP contribution in [0.15, 0.2) is 0 Å². The molecule has 1 aliphatic heterocycles. The molecule has 110 valence electrons. The number of terminal acetylenes is 1. The van der Waals surface area contributed by atoms with Gasteiger partial charge in [-0.2, -0.15) is 0 Å². The van der Waals surface area contributed by atoms with Crippen molar-refractivity contribution in [1.82, 2.24) is 9.80 Å². The van der Waals surface area contributed by atoms with Crippen LogP contribution in [-0.4, -0.2) is 53.1 Å². The van der Waals surface area contributed by atoms with E-state index in [9.17, 15) is 14.7 Å². The number of carbonyl (C=O) groups is 2. The number of rotatable bonds is 4. The molecule has 1 N–H and O–H groups in total. The summed E-state index contributed by atoms with van der Waals surface area (Å²) in [5, 5.41) is 9.31. The molecule has 2 fully saturated rings. The van der Waals surface area contributed by atoms with Crippen molar-refractivity contribution in [2.24, 2.45) is 11.3 Å². The van der Waals surface area contributed by atoms with E-state index in [4.69, 9.17) is 6.42 Å². The van der Waals surface area contributed by atoms with Crippen molar-refractivity contribution < 1.29 is 14.7 Å². The zero-order chi connectivity index (χ0) is 14.8. The second-order valence-electron chi connectivity index (χ2n) is 6.20. The van der Waals surface area contributed by atoms with E-state index in [2.05, 4.69) is 5.92 Å². The number of carbonyl (C=O) groups excluding carboxylic acids is 1. The molecule has 1 saturated heterocycles. The standard InChI is InChI=1S/C15H22N2O3/c1-3-8-16(10-12-5-6-12)14(20)17-9-4-7-15(2,11-17)13(18)19/h1,12H,4-11H2,2H3,(H,18,19). The average Bonchev–Trinajstić information content (AvgIpc) is 3.21. The predicted octanol–water partition coefficient (Wildman–Crippen LogP) is 1.64. The van der Waals surface area contributed by atoms with Crippen LogP contribution in [-0.2, 0) is 4.79 Å².